The van der Waals surface area contributed by atoms with Gasteiger partial charge < -0.3 is 9.53 Å². The first-order chi connectivity index (χ1) is 5.42. The van der Waals surface area contributed by atoms with Gasteiger partial charge in [0, 0.05) is 6.42 Å². The number of hydrogen-bond acceptors (Lipinski definition) is 5. The normalized spacial score (nSPS) is 43.5. The molecule has 11 heavy (non-hydrogen) atoms. The Morgan fingerprint density at radius 2 is 2.36 bits per heavy atom. The van der Waals surface area contributed by atoms with Crippen LogP contribution in [0.4, 0.5) is 0 Å². The molecule has 62 valence electrons. The monoisotopic (exact) mass is 160 g/mol. The van der Waals surface area contributed by atoms with E-state index in [4.69, 9.17) is 9.62 Å². The van der Waals surface area contributed by atoms with E-state index in [1.54, 1.807) is 0 Å². The summed E-state index contributed by atoms with van der Waals surface area (Å²) in [6, 6.07) is 0. The predicted molar refractivity (Wildman–Crippen MR) is 31.3 cm³/mol. The van der Waals surface area contributed by atoms with E-state index in [9.17, 15) is 4.79 Å². The van der Waals surface area contributed by atoms with Gasteiger partial charge in [-0.15, -0.1) is 0 Å². The third-order valence-corrected chi connectivity index (χ3v) is 1.76. The van der Waals surface area contributed by atoms with Crippen LogP contribution in [0, 0.1) is 0 Å². The van der Waals surface area contributed by atoms with E-state index in [0.29, 0.717) is 13.0 Å². The summed E-state index contributed by atoms with van der Waals surface area (Å²) in [5.74, 6) is 0. The topological polar surface area (TPSA) is 57.3 Å². The molecule has 2 heterocycles. The Morgan fingerprint density at radius 3 is 2.91 bits per heavy atom. The average molecular weight is 160 g/mol. The Kier molecular flexibility index (Phi) is 1.87. The van der Waals surface area contributed by atoms with Gasteiger partial charge in [0.15, 0.2) is 6.29 Å². The van der Waals surface area contributed by atoms with Crippen LogP contribution in [0.3, 0.4) is 0 Å². The van der Waals surface area contributed by atoms with Crippen LogP contribution in [0.1, 0.15) is 6.42 Å². The summed E-state index contributed by atoms with van der Waals surface area (Å²) >= 11 is 0. The highest BCUT2D eigenvalue weighted by Crippen LogP contribution is 2.28. The average Bonchev–Trinajstić information content (AvgIpc) is 2.85. The molecule has 3 atom stereocenters. The van der Waals surface area contributed by atoms with Gasteiger partial charge in [0.05, 0.1) is 6.61 Å². The molecule has 5 heteroatoms. The van der Waals surface area contributed by atoms with Crippen LogP contribution >= 0.6 is 0 Å². The minimum Gasteiger partial charge on any atom is -0.359 e. The molecule has 0 aliphatic carbocycles. The molecule has 5 nitrogen and oxygen atoms in total. The Labute approximate surface area is 63.0 Å². The minimum absolute atomic E-state index is 0.128. The molecular weight excluding hydrogens is 152 g/mol. The lowest BCUT2D eigenvalue weighted by Crippen LogP contribution is -2.28. The van der Waals surface area contributed by atoms with Crippen molar-refractivity contribution in [1.82, 2.24) is 0 Å². The molecule has 0 saturated carbocycles. The largest absolute Gasteiger partial charge is 0.359 e. The maximum atomic E-state index is 10.2. The highest BCUT2D eigenvalue weighted by Gasteiger charge is 2.47. The van der Waals surface area contributed by atoms with Gasteiger partial charge in [-0.05, 0) is 0 Å². The number of hydrogen-bond donors (Lipinski definition) is 0. The summed E-state index contributed by atoms with van der Waals surface area (Å²) in [6.07, 6.45) is 0.885. The van der Waals surface area contributed by atoms with Crippen LogP contribution in [0.2, 0.25) is 0 Å². The van der Waals surface area contributed by atoms with Crippen LogP contribution in [0.15, 0.2) is 0 Å². The fourth-order valence-electron chi connectivity index (χ4n) is 1.09. The molecule has 0 aromatic heterocycles. The van der Waals surface area contributed by atoms with Gasteiger partial charge in [-0.2, -0.15) is 4.89 Å². The Bertz CT molecular complexity index is 153. The zero-order valence-electron chi connectivity index (χ0n) is 5.76. The summed E-state index contributed by atoms with van der Waals surface area (Å²) < 4.78 is 4.98. The lowest BCUT2D eigenvalue weighted by atomic mass is 10.1. The molecule has 3 unspecified atom stereocenters. The lowest BCUT2D eigenvalue weighted by Gasteiger charge is -2.17. The van der Waals surface area contributed by atoms with Gasteiger partial charge in [0.1, 0.15) is 18.3 Å². The van der Waals surface area contributed by atoms with Crippen molar-refractivity contribution in [2.45, 2.75) is 24.7 Å². The van der Waals surface area contributed by atoms with Crippen molar-refractivity contribution < 1.29 is 24.3 Å². The maximum Gasteiger partial charge on any atom is 0.151 e. The molecule has 0 aromatic rings. The van der Waals surface area contributed by atoms with Crippen molar-refractivity contribution in [3.8, 4) is 0 Å². The second-order valence-corrected chi connectivity index (χ2v) is 2.51. The smallest absolute Gasteiger partial charge is 0.151 e. The fourth-order valence-corrected chi connectivity index (χ4v) is 1.09. The van der Waals surface area contributed by atoms with Crippen LogP contribution in [-0.2, 0) is 24.3 Å². The summed E-state index contributed by atoms with van der Waals surface area (Å²) in [6.45, 7) is 0.482. The van der Waals surface area contributed by atoms with E-state index < -0.39 is 0 Å². The summed E-state index contributed by atoms with van der Waals surface area (Å²) in [7, 11) is 0. The molecule has 2 saturated heterocycles. The molecule has 0 amide bonds. The van der Waals surface area contributed by atoms with Gasteiger partial charge >= 0.3 is 0 Å². The quantitative estimate of drug-likeness (QED) is 0.312. The molecule has 2 rings (SSSR count). The van der Waals surface area contributed by atoms with Crippen molar-refractivity contribution in [2.75, 3.05) is 6.61 Å². The number of epoxide rings is 1. The molecular formula is C6H8O5. The van der Waals surface area contributed by atoms with Gasteiger partial charge in [-0.1, -0.05) is 5.04 Å². The second-order valence-electron chi connectivity index (χ2n) is 2.51. The highest BCUT2D eigenvalue weighted by molar-refractivity contribution is 5.60. The SMILES string of the molecule is O=CC1OC1C1CCOOO1. The Morgan fingerprint density at radius 1 is 1.45 bits per heavy atom. The fraction of sp³-hybridized carbons (Fsp3) is 0.833. The van der Waals surface area contributed by atoms with E-state index in [0.717, 1.165) is 6.29 Å². The summed E-state index contributed by atoms with van der Waals surface area (Å²) in [4.78, 5) is 19.4. The van der Waals surface area contributed by atoms with Crippen LogP contribution in [0.5, 0.6) is 0 Å². The van der Waals surface area contributed by atoms with Crippen molar-refractivity contribution in [3.63, 3.8) is 0 Å². The van der Waals surface area contributed by atoms with Crippen LogP contribution in [-0.4, -0.2) is 31.2 Å². The van der Waals surface area contributed by atoms with Gasteiger partial charge in [0.25, 0.3) is 0 Å². The molecule has 2 fully saturated rings. The van der Waals surface area contributed by atoms with Crippen molar-refractivity contribution in [2.24, 2.45) is 0 Å². The third kappa shape index (κ3) is 1.41. The van der Waals surface area contributed by atoms with E-state index in [-0.39, 0.29) is 18.3 Å². The van der Waals surface area contributed by atoms with Crippen molar-refractivity contribution in [3.05, 3.63) is 0 Å². The predicted octanol–water partition coefficient (Wildman–Crippen LogP) is -0.395. The minimum atomic E-state index is -0.304. The van der Waals surface area contributed by atoms with E-state index in [1.807, 2.05) is 0 Å². The molecule has 0 N–H and O–H groups in total. The number of carbonyl (C=O) groups is 1. The zero-order valence-corrected chi connectivity index (χ0v) is 5.76. The summed E-state index contributed by atoms with van der Waals surface area (Å²) in [5, 5.41) is 4.28. The van der Waals surface area contributed by atoms with Gasteiger partial charge in [-0.3, -0.25) is 0 Å². The first-order valence-corrected chi connectivity index (χ1v) is 3.47. The molecule has 0 radical (unpaired) electrons. The second kappa shape index (κ2) is 2.86. The third-order valence-electron chi connectivity index (χ3n) is 1.76. The first kappa shape index (κ1) is 7.17. The number of carbonyl (C=O) groups excluding carboxylic acids is 1. The molecule has 2 aliphatic rings. The van der Waals surface area contributed by atoms with Crippen molar-refractivity contribution in [1.29, 1.82) is 0 Å². The Hall–Kier alpha value is -0.490. The molecule has 0 aromatic carbocycles. The Balaban J connectivity index is 1.81. The first-order valence-electron chi connectivity index (χ1n) is 3.47. The number of aldehydes is 1. The molecule has 0 bridgehead atoms. The van der Waals surface area contributed by atoms with Crippen LogP contribution in [0.25, 0.3) is 0 Å². The van der Waals surface area contributed by atoms with E-state index in [2.05, 4.69) is 9.93 Å². The maximum absolute atomic E-state index is 10.2. The highest BCUT2D eigenvalue weighted by atomic mass is 17.5. The number of rotatable bonds is 2. The molecule has 0 spiro atoms. The van der Waals surface area contributed by atoms with Crippen molar-refractivity contribution >= 4 is 6.29 Å². The van der Waals surface area contributed by atoms with Gasteiger partial charge in [-0.25, -0.2) is 4.89 Å². The molecule has 2 aliphatic heterocycles. The van der Waals surface area contributed by atoms with Gasteiger partial charge in [0.2, 0.25) is 0 Å². The van der Waals surface area contributed by atoms with E-state index >= 15 is 0 Å². The van der Waals surface area contributed by atoms with Crippen LogP contribution < -0.4 is 0 Å². The lowest BCUT2D eigenvalue weighted by molar-refractivity contribution is -0.549. The standard InChI is InChI=1S/C6H8O5/c7-3-5-6(9-5)4-1-2-8-11-10-4/h3-6H,1-2H2. The van der Waals surface area contributed by atoms with E-state index in [1.165, 1.54) is 0 Å². The number of ether oxygens (including phenoxy) is 1. The summed E-state index contributed by atoms with van der Waals surface area (Å²) in [5.41, 5.74) is 0. The zero-order chi connectivity index (χ0) is 7.68.